The average molecular weight is 320 g/mol. The number of nitrogens with one attached hydrogen (secondary N) is 3. The first-order chi connectivity index (χ1) is 9.65. The number of hydrogen-bond acceptors (Lipinski definition) is 5. The van der Waals surface area contributed by atoms with Gasteiger partial charge < -0.3 is 15.2 Å². The normalized spacial score (nSPS) is 22.6. The van der Waals surface area contributed by atoms with Crippen LogP contribution in [0.4, 0.5) is 4.39 Å². The van der Waals surface area contributed by atoms with Gasteiger partial charge in [-0.25, -0.2) is 4.39 Å². The number of aliphatic hydroxyl groups excluding tert-OH is 1. The molecule has 1 saturated heterocycles. The van der Waals surface area contributed by atoms with Crippen LogP contribution in [0.25, 0.3) is 0 Å². The summed E-state index contributed by atoms with van der Waals surface area (Å²) in [6.07, 6.45) is -0.585. The van der Waals surface area contributed by atoms with Crippen molar-refractivity contribution < 1.29 is 14.2 Å². The molecule has 1 fully saturated rings. The minimum Gasteiger partial charge on any atom is -0.491 e. The molecular formula is C14H23ClFN3O2. The summed E-state index contributed by atoms with van der Waals surface area (Å²) in [6.45, 7) is 4.56. The molecule has 1 aromatic rings. The highest BCUT2D eigenvalue weighted by Crippen LogP contribution is 2.11. The van der Waals surface area contributed by atoms with Crippen LogP contribution in [0, 0.1) is 11.7 Å². The largest absolute Gasteiger partial charge is 0.491 e. The third-order valence-corrected chi connectivity index (χ3v) is 3.44. The molecule has 1 heterocycles. The Bertz CT molecular complexity index is 408. The van der Waals surface area contributed by atoms with Gasteiger partial charge in [0.15, 0.2) is 0 Å². The van der Waals surface area contributed by atoms with E-state index in [1.54, 1.807) is 12.1 Å². The zero-order chi connectivity index (χ0) is 14.4. The summed E-state index contributed by atoms with van der Waals surface area (Å²) in [4.78, 5) is 0. The smallest absolute Gasteiger partial charge is 0.123 e. The second-order valence-corrected chi connectivity index (χ2v) is 5.15. The van der Waals surface area contributed by atoms with Crippen LogP contribution in [0.5, 0.6) is 5.75 Å². The van der Waals surface area contributed by atoms with Crippen molar-refractivity contribution in [2.45, 2.75) is 19.1 Å². The molecule has 1 aromatic carbocycles. The zero-order valence-electron chi connectivity index (χ0n) is 12.0. The van der Waals surface area contributed by atoms with Crippen LogP contribution in [-0.2, 0) is 0 Å². The molecule has 21 heavy (non-hydrogen) atoms. The van der Waals surface area contributed by atoms with E-state index in [9.17, 15) is 9.50 Å². The van der Waals surface area contributed by atoms with Crippen molar-refractivity contribution in [3.8, 4) is 5.75 Å². The zero-order valence-corrected chi connectivity index (χ0v) is 12.8. The predicted molar refractivity (Wildman–Crippen MR) is 82.1 cm³/mol. The summed E-state index contributed by atoms with van der Waals surface area (Å²) in [5, 5.41) is 13.0. The van der Waals surface area contributed by atoms with Crippen LogP contribution in [-0.4, -0.2) is 43.5 Å². The van der Waals surface area contributed by atoms with E-state index in [4.69, 9.17) is 4.74 Å². The number of halogens is 2. The van der Waals surface area contributed by atoms with E-state index in [2.05, 4.69) is 23.1 Å². The second-order valence-electron chi connectivity index (χ2n) is 5.15. The van der Waals surface area contributed by atoms with Crippen LogP contribution in [0.2, 0.25) is 0 Å². The number of ether oxygens (including phenoxy) is 1. The lowest BCUT2D eigenvalue weighted by Crippen LogP contribution is -2.37. The molecule has 0 bridgehead atoms. The van der Waals surface area contributed by atoms with Gasteiger partial charge in [-0.15, -0.1) is 12.4 Å². The van der Waals surface area contributed by atoms with E-state index in [0.717, 1.165) is 13.1 Å². The lowest BCUT2D eigenvalue weighted by molar-refractivity contribution is 0.105. The van der Waals surface area contributed by atoms with Gasteiger partial charge in [-0.1, -0.05) is 0 Å². The molecule has 0 radical (unpaired) electrons. The fourth-order valence-electron chi connectivity index (χ4n) is 2.11. The molecule has 1 aliphatic heterocycles. The Morgan fingerprint density at radius 3 is 2.76 bits per heavy atom. The Kier molecular flexibility index (Phi) is 7.92. The lowest BCUT2D eigenvalue weighted by atomic mass is 10.0. The summed E-state index contributed by atoms with van der Waals surface area (Å²) < 4.78 is 18.1. The summed E-state index contributed by atoms with van der Waals surface area (Å²) in [6, 6.07) is 6.19. The van der Waals surface area contributed by atoms with Crippen LogP contribution < -0.4 is 20.9 Å². The molecule has 0 aromatic heterocycles. The minimum atomic E-state index is -0.585. The maximum Gasteiger partial charge on any atom is 0.123 e. The van der Waals surface area contributed by atoms with Gasteiger partial charge in [0.1, 0.15) is 24.3 Å². The molecule has 0 saturated carbocycles. The van der Waals surface area contributed by atoms with Crippen molar-refractivity contribution in [2.75, 3.05) is 26.2 Å². The second kappa shape index (κ2) is 9.17. The lowest BCUT2D eigenvalue weighted by Gasteiger charge is -2.17. The Hall–Kier alpha value is -0.920. The van der Waals surface area contributed by atoms with E-state index >= 15 is 0 Å². The minimum absolute atomic E-state index is 0. The molecule has 1 aliphatic rings. The molecule has 120 valence electrons. The Morgan fingerprint density at radius 1 is 1.43 bits per heavy atom. The molecule has 7 heteroatoms. The monoisotopic (exact) mass is 319 g/mol. The number of rotatable bonds is 7. The van der Waals surface area contributed by atoms with Crippen LogP contribution in [0.1, 0.15) is 6.92 Å². The van der Waals surface area contributed by atoms with E-state index in [1.165, 1.54) is 12.1 Å². The first-order valence-electron chi connectivity index (χ1n) is 6.90. The molecule has 0 spiro atoms. The number of aliphatic hydroxyl groups is 1. The maximum absolute atomic E-state index is 12.7. The Labute approximate surface area is 130 Å². The standard InChI is InChI=1S/C14H22FN3O2.ClH/c1-10-11(7-17-18-10)6-16-8-13(19)9-20-14-4-2-12(15)3-5-14;/h2-5,10-11,13,16-19H,6-9H2,1H3;1H. The Morgan fingerprint density at radius 2 is 2.14 bits per heavy atom. The molecule has 0 amide bonds. The van der Waals surface area contributed by atoms with Crippen molar-refractivity contribution >= 4 is 12.4 Å². The van der Waals surface area contributed by atoms with Crippen molar-refractivity contribution in [3.05, 3.63) is 30.1 Å². The number of hydrazine groups is 1. The van der Waals surface area contributed by atoms with Crippen molar-refractivity contribution in [1.29, 1.82) is 0 Å². The fraction of sp³-hybridized carbons (Fsp3) is 0.571. The van der Waals surface area contributed by atoms with Crippen LogP contribution >= 0.6 is 12.4 Å². The number of hydrogen-bond donors (Lipinski definition) is 4. The Balaban J connectivity index is 0.00000220. The van der Waals surface area contributed by atoms with Gasteiger partial charge in [-0.2, -0.15) is 0 Å². The number of benzene rings is 1. The SMILES string of the molecule is CC1NNCC1CNCC(O)COc1ccc(F)cc1.Cl. The quantitative estimate of drug-likeness (QED) is 0.595. The molecule has 4 N–H and O–H groups in total. The molecule has 3 atom stereocenters. The van der Waals surface area contributed by atoms with E-state index in [0.29, 0.717) is 24.3 Å². The summed E-state index contributed by atoms with van der Waals surface area (Å²) in [5.74, 6) is 0.774. The third-order valence-electron chi connectivity index (χ3n) is 3.44. The fourth-order valence-corrected chi connectivity index (χ4v) is 2.11. The highest BCUT2D eigenvalue weighted by molar-refractivity contribution is 5.85. The maximum atomic E-state index is 12.7. The molecule has 3 unspecified atom stereocenters. The third kappa shape index (κ3) is 6.15. The average Bonchev–Trinajstić information content (AvgIpc) is 2.84. The van der Waals surface area contributed by atoms with Crippen LogP contribution in [0.15, 0.2) is 24.3 Å². The summed E-state index contributed by atoms with van der Waals surface area (Å²) in [7, 11) is 0. The van der Waals surface area contributed by atoms with E-state index < -0.39 is 6.10 Å². The first kappa shape index (κ1) is 18.1. The van der Waals surface area contributed by atoms with Gasteiger partial charge in [0, 0.05) is 31.6 Å². The molecule has 5 nitrogen and oxygen atoms in total. The van der Waals surface area contributed by atoms with Gasteiger partial charge in [0.2, 0.25) is 0 Å². The highest BCUT2D eigenvalue weighted by atomic mass is 35.5. The highest BCUT2D eigenvalue weighted by Gasteiger charge is 2.22. The van der Waals surface area contributed by atoms with Gasteiger partial charge >= 0.3 is 0 Å². The van der Waals surface area contributed by atoms with Gasteiger partial charge in [0.05, 0.1) is 0 Å². The van der Waals surface area contributed by atoms with E-state index in [1.807, 2.05) is 0 Å². The summed E-state index contributed by atoms with van der Waals surface area (Å²) >= 11 is 0. The van der Waals surface area contributed by atoms with Gasteiger partial charge in [0.25, 0.3) is 0 Å². The van der Waals surface area contributed by atoms with Crippen molar-refractivity contribution in [2.24, 2.45) is 5.92 Å². The first-order valence-corrected chi connectivity index (χ1v) is 6.90. The van der Waals surface area contributed by atoms with Gasteiger partial charge in [-0.3, -0.25) is 10.9 Å². The van der Waals surface area contributed by atoms with E-state index in [-0.39, 0.29) is 24.8 Å². The van der Waals surface area contributed by atoms with Crippen molar-refractivity contribution in [3.63, 3.8) is 0 Å². The molecule has 2 rings (SSSR count). The van der Waals surface area contributed by atoms with Crippen molar-refractivity contribution in [1.82, 2.24) is 16.2 Å². The topological polar surface area (TPSA) is 65.5 Å². The van der Waals surface area contributed by atoms with Crippen LogP contribution in [0.3, 0.4) is 0 Å². The molecular weight excluding hydrogens is 297 g/mol. The molecule has 0 aliphatic carbocycles. The summed E-state index contributed by atoms with van der Waals surface area (Å²) in [5.41, 5.74) is 6.25. The predicted octanol–water partition coefficient (Wildman–Crippen LogP) is 0.689. The van der Waals surface area contributed by atoms with Gasteiger partial charge in [-0.05, 0) is 31.2 Å².